The second-order valence-electron chi connectivity index (χ2n) is 9.79. The van der Waals surface area contributed by atoms with Gasteiger partial charge in [-0.3, -0.25) is 4.72 Å². The first-order valence-corrected chi connectivity index (χ1v) is 15.8. The average molecular weight is 613 g/mol. The summed E-state index contributed by atoms with van der Waals surface area (Å²) in [5, 5.41) is 9.86. The second-order valence-corrected chi connectivity index (χ2v) is 12.7. The highest BCUT2D eigenvalue weighted by Gasteiger charge is 2.19. The van der Waals surface area contributed by atoms with Crippen molar-refractivity contribution in [3.8, 4) is 22.6 Å². The molecular weight excluding hydrogens is 585 g/mol. The minimum atomic E-state index is -3.87. The average Bonchev–Trinajstić information content (AvgIpc) is 2.99. The van der Waals surface area contributed by atoms with Gasteiger partial charge in [-0.15, -0.1) is 0 Å². The molecule has 0 saturated carbocycles. The fourth-order valence-electron chi connectivity index (χ4n) is 4.26. The van der Waals surface area contributed by atoms with Gasteiger partial charge in [-0.1, -0.05) is 65.7 Å². The molecule has 1 atom stereocenters. The summed E-state index contributed by atoms with van der Waals surface area (Å²) in [4.78, 5) is 12.7. The van der Waals surface area contributed by atoms with Crippen molar-refractivity contribution in [2.75, 3.05) is 9.44 Å². The third-order valence-corrected chi connectivity index (χ3v) is 9.03. The number of carboxylic acids is 1. The Morgan fingerprint density at radius 2 is 1.33 bits per heavy atom. The molecule has 0 saturated heterocycles. The van der Waals surface area contributed by atoms with Gasteiger partial charge in [0, 0.05) is 5.56 Å². The van der Waals surface area contributed by atoms with Crippen molar-refractivity contribution in [3.63, 3.8) is 0 Å². The highest BCUT2D eigenvalue weighted by Crippen LogP contribution is 2.36. The molecule has 3 N–H and O–H groups in total. The van der Waals surface area contributed by atoms with Gasteiger partial charge >= 0.3 is 5.97 Å². The molecule has 1 unspecified atom stereocenters. The standard InChI is InChI=1S/C33H28N2O6S2/c1-22-8-14-27(15-9-22)42(38)34-31-18-12-26(21-30(31)33(36)37)41-25-13-19-32(29(20-25)24-6-4-3-5-7-24)35-43(39,40)28-16-10-23(2)11-17-28/h3-21,34-35H,1-2H3,(H,36,37). The van der Waals surface area contributed by atoms with Crippen LogP contribution in [0.5, 0.6) is 11.5 Å². The Balaban J connectivity index is 1.44. The monoisotopic (exact) mass is 612 g/mol. The van der Waals surface area contributed by atoms with E-state index in [0.717, 1.165) is 16.7 Å². The largest absolute Gasteiger partial charge is 0.478 e. The lowest BCUT2D eigenvalue weighted by molar-refractivity contribution is 0.0697. The molecule has 0 aliphatic rings. The van der Waals surface area contributed by atoms with Crippen molar-refractivity contribution in [1.82, 2.24) is 0 Å². The Morgan fingerprint density at radius 3 is 1.95 bits per heavy atom. The van der Waals surface area contributed by atoms with Gasteiger partial charge < -0.3 is 14.6 Å². The third-order valence-electron chi connectivity index (χ3n) is 6.55. The summed E-state index contributed by atoms with van der Waals surface area (Å²) in [7, 11) is -5.55. The zero-order valence-electron chi connectivity index (χ0n) is 23.3. The molecule has 218 valence electrons. The number of sulfonamides is 1. The van der Waals surface area contributed by atoms with Gasteiger partial charge in [-0.25, -0.2) is 17.4 Å². The van der Waals surface area contributed by atoms with Crippen LogP contribution in [-0.4, -0.2) is 23.7 Å². The number of ether oxygens (including phenoxy) is 1. The molecule has 0 radical (unpaired) electrons. The maximum Gasteiger partial charge on any atom is 0.337 e. The van der Waals surface area contributed by atoms with E-state index in [9.17, 15) is 22.5 Å². The predicted molar refractivity (Wildman–Crippen MR) is 169 cm³/mol. The van der Waals surface area contributed by atoms with Crippen molar-refractivity contribution in [2.45, 2.75) is 23.6 Å². The van der Waals surface area contributed by atoms with Gasteiger partial charge in [0.25, 0.3) is 10.0 Å². The van der Waals surface area contributed by atoms with Crippen LogP contribution < -0.4 is 14.2 Å². The van der Waals surface area contributed by atoms with E-state index in [-0.39, 0.29) is 21.9 Å². The summed E-state index contributed by atoms with van der Waals surface area (Å²) < 4.78 is 50.6. The molecule has 0 aliphatic heterocycles. The lowest BCUT2D eigenvalue weighted by Gasteiger charge is -2.16. The highest BCUT2D eigenvalue weighted by molar-refractivity contribution is 7.92. The van der Waals surface area contributed by atoms with Crippen molar-refractivity contribution in [3.05, 3.63) is 132 Å². The van der Waals surface area contributed by atoms with Gasteiger partial charge in [-0.05, 0) is 80.1 Å². The van der Waals surface area contributed by atoms with E-state index in [2.05, 4.69) is 9.44 Å². The van der Waals surface area contributed by atoms with Gasteiger partial charge in [-0.2, -0.15) is 0 Å². The molecule has 10 heteroatoms. The van der Waals surface area contributed by atoms with Crippen LogP contribution in [0.1, 0.15) is 21.5 Å². The van der Waals surface area contributed by atoms with Crippen molar-refractivity contribution < 1.29 is 27.3 Å². The van der Waals surface area contributed by atoms with Crippen LogP contribution in [-0.2, 0) is 21.0 Å². The predicted octanol–water partition coefficient (Wildman–Crippen LogP) is 7.40. The summed E-state index contributed by atoms with van der Waals surface area (Å²) in [5.74, 6) is -0.631. The number of benzene rings is 5. The number of nitrogens with one attached hydrogen (secondary N) is 2. The third kappa shape index (κ3) is 7.11. The lowest BCUT2D eigenvalue weighted by atomic mass is 10.0. The van der Waals surface area contributed by atoms with Crippen LogP contribution in [0.2, 0.25) is 0 Å². The Hall–Kier alpha value is -4.93. The van der Waals surface area contributed by atoms with E-state index < -0.39 is 27.0 Å². The quantitative estimate of drug-likeness (QED) is 0.151. The molecule has 43 heavy (non-hydrogen) atoms. The smallest absolute Gasteiger partial charge is 0.337 e. The molecule has 0 fully saturated rings. The second kappa shape index (κ2) is 12.5. The van der Waals surface area contributed by atoms with Crippen LogP contribution in [0, 0.1) is 13.8 Å². The fraction of sp³-hybridized carbons (Fsp3) is 0.0606. The van der Waals surface area contributed by atoms with E-state index in [1.807, 2.05) is 56.3 Å². The molecule has 5 aromatic rings. The van der Waals surface area contributed by atoms with Gasteiger partial charge in [0.1, 0.15) is 22.5 Å². The Kier molecular flexibility index (Phi) is 8.61. The molecule has 5 aromatic carbocycles. The van der Waals surface area contributed by atoms with E-state index in [1.165, 1.54) is 12.1 Å². The molecule has 0 aromatic heterocycles. The number of rotatable bonds is 10. The number of hydrogen-bond donors (Lipinski definition) is 3. The van der Waals surface area contributed by atoms with Crippen LogP contribution in [0.25, 0.3) is 11.1 Å². The van der Waals surface area contributed by atoms with Gasteiger partial charge in [0.2, 0.25) is 0 Å². The molecule has 0 amide bonds. The molecule has 0 aliphatic carbocycles. The minimum absolute atomic E-state index is 0.122. The number of aryl methyl sites for hydroxylation is 2. The molecular formula is C33H28N2O6S2. The van der Waals surface area contributed by atoms with Crippen LogP contribution >= 0.6 is 0 Å². The summed E-state index contributed by atoms with van der Waals surface area (Å²) in [6.07, 6.45) is 0. The van der Waals surface area contributed by atoms with Crippen LogP contribution in [0.4, 0.5) is 11.4 Å². The molecule has 0 spiro atoms. The molecule has 0 heterocycles. The zero-order chi connectivity index (χ0) is 30.6. The topological polar surface area (TPSA) is 122 Å². The molecule has 5 rings (SSSR count). The number of carboxylic acid groups (broad SMARTS) is 1. The number of anilines is 2. The first-order chi connectivity index (χ1) is 20.6. The Morgan fingerprint density at radius 1 is 0.744 bits per heavy atom. The minimum Gasteiger partial charge on any atom is -0.478 e. The molecule has 0 bridgehead atoms. The van der Waals surface area contributed by atoms with Crippen LogP contribution in [0.3, 0.4) is 0 Å². The maximum atomic E-state index is 13.2. The fourth-order valence-corrected chi connectivity index (χ4v) is 6.22. The highest BCUT2D eigenvalue weighted by atomic mass is 32.2. The van der Waals surface area contributed by atoms with Crippen LogP contribution in [0.15, 0.2) is 125 Å². The zero-order valence-corrected chi connectivity index (χ0v) is 24.9. The lowest BCUT2D eigenvalue weighted by Crippen LogP contribution is -2.13. The van der Waals surface area contributed by atoms with Crippen molar-refractivity contribution >= 4 is 38.4 Å². The van der Waals surface area contributed by atoms with E-state index >= 15 is 0 Å². The van der Waals surface area contributed by atoms with Gasteiger partial charge in [0.15, 0.2) is 0 Å². The number of carbonyl (C=O) groups is 1. The van der Waals surface area contributed by atoms with Gasteiger partial charge in [0.05, 0.1) is 26.7 Å². The normalized spacial score (nSPS) is 11.9. The summed E-state index contributed by atoms with van der Waals surface area (Å²) in [6, 6.07) is 32.1. The first-order valence-electron chi connectivity index (χ1n) is 13.2. The summed E-state index contributed by atoms with van der Waals surface area (Å²) in [6.45, 7) is 3.80. The number of aromatic carboxylic acids is 1. The summed E-state index contributed by atoms with van der Waals surface area (Å²) >= 11 is 0. The van der Waals surface area contributed by atoms with Crippen molar-refractivity contribution in [1.29, 1.82) is 0 Å². The van der Waals surface area contributed by atoms with E-state index in [4.69, 9.17) is 4.74 Å². The summed E-state index contributed by atoms with van der Waals surface area (Å²) in [5.41, 5.74) is 3.68. The number of hydrogen-bond acceptors (Lipinski definition) is 5. The first kappa shape index (κ1) is 29.6. The van der Waals surface area contributed by atoms with E-state index in [1.54, 1.807) is 60.7 Å². The Labute approximate surface area is 252 Å². The van der Waals surface area contributed by atoms with Crippen molar-refractivity contribution in [2.24, 2.45) is 0 Å². The molecule has 8 nitrogen and oxygen atoms in total. The van der Waals surface area contributed by atoms with E-state index in [0.29, 0.717) is 21.9 Å². The SMILES string of the molecule is Cc1ccc(S(=O)Nc2ccc(Oc3ccc(NS(=O)(=O)c4ccc(C)cc4)c(-c4ccccc4)c3)cc2C(=O)O)cc1. The Bertz CT molecular complexity index is 1910. The maximum absolute atomic E-state index is 13.2.